The van der Waals surface area contributed by atoms with Gasteiger partial charge >= 0.3 is 6.03 Å². The number of hydrogen-bond acceptors (Lipinski definition) is 5. The molecule has 1 fully saturated rings. The van der Waals surface area contributed by atoms with E-state index in [-0.39, 0.29) is 21.3 Å². The third-order valence-electron chi connectivity index (χ3n) is 4.23. The van der Waals surface area contributed by atoms with Crippen molar-refractivity contribution in [2.24, 2.45) is 0 Å². The quantitative estimate of drug-likeness (QED) is 0.560. The Morgan fingerprint density at radius 2 is 1.71 bits per heavy atom. The molecule has 0 saturated carbocycles. The fourth-order valence-corrected chi connectivity index (χ4v) is 4.53. The Balaban J connectivity index is 1.65. The van der Waals surface area contributed by atoms with Crippen LogP contribution in [0.5, 0.6) is 0 Å². The average Bonchev–Trinajstić information content (AvgIpc) is 3.19. The van der Waals surface area contributed by atoms with Gasteiger partial charge in [0.05, 0.1) is 20.5 Å². The number of nitrogens with one attached hydrogen (secondary N) is 2. The molecule has 0 bridgehead atoms. The van der Waals surface area contributed by atoms with Crippen LogP contribution in [0, 0.1) is 10.1 Å². The van der Waals surface area contributed by atoms with Crippen molar-refractivity contribution in [1.29, 1.82) is 0 Å². The molecule has 0 aromatic heterocycles. The van der Waals surface area contributed by atoms with Crippen LogP contribution in [0.4, 0.5) is 21.9 Å². The first-order valence-electron chi connectivity index (χ1n) is 8.39. The standard InChI is InChI=1S/C17H17ClN4O5S/c18-15-11-13(22(24)25)5-8-16(15)20-17(23)19-12-3-6-14(7-4-12)28(26,27)21-9-1-2-10-21/h3-8,11H,1-2,9-10H2,(H2,19,20,23). The molecule has 11 heteroatoms. The van der Waals surface area contributed by atoms with Crippen LogP contribution in [0.25, 0.3) is 0 Å². The van der Waals surface area contributed by atoms with Crippen LogP contribution in [0.3, 0.4) is 0 Å². The van der Waals surface area contributed by atoms with Crippen LogP contribution in [-0.4, -0.2) is 36.8 Å². The van der Waals surface area contributed by atoms with Crippen molar-refractivity contribution in [2.75, 3.05) is 23.7 Å². The number of sulfonamides is 1. The number of nitro groups is 1. The number of anilines is 2. The number of hydrogen-bond donors (Lipinski definition) is 2. The number of non-ortho nitro benzene ring substituents is 1. The first-order chi connectivity index (χ1) is 13.3. The maximum atomic E-state index is 12.5. The summed E-state index contributed by atoms with van der Waals surface area (Å²) in [6.45, 7) is 1.03. The zero-order valence-corrected chi connectivity index (χ0v) is 16.2. The van der Waals surface area contributed by atoms with Gasteiger partial charge in [0.2, 0.25) is 10.0 Å². The second-order valence-corrected chi connectivity index (χ2v) is 8.48. The number of urea groups is 1. The smallest absolute Gasteiger partial charge is 0.308 e. The Morgan fingerprint density at radius 1 is 1.07 bits per heavy atom. The zero-order valence-electron chi connectivity index (χ0n) is 14.6. The second-order valence-electron chi connectivity index (χ2n) is 6.14. The number of benzene rings is 2. The second kappa shape index (κ2) is 8.13. The average molecular weight is 425 g/mol. The Morgan fingerprint density at radius 3 is 2.29 bits per heavy atom. The van der Waals surface area contributed by atoms with Crippen molar-refractivity contribution < 1.29 is 18.1 Å². The van der Waals surface area contributed by atoms with Crippen LogP contribution < -0.4 is 10.6 Å². The van der Waals surface area contributed by atoms with Gasteiger partial charge in [-0.3, -0.25) is 10.1 Å². The van der Waals surface area contributed by atoms with E-state index in [4.69, 9.17) is 11.6 Å². The summed E-state index contributed by atoms with van der Waals surface area (Å²) in [6.07, 6.45) is 1.70. The summed E-state index contributed by atoms with van der Waals surface area (Å²) < 4.78 is 26.4. The SMILES string of the molecule is O=C(Nc1ccc(S(=O)(=O)N2CCCC2)cc1)Nc1ccc([N+](=O)[O-])cc1Cl. The molecule has 1 aliphatic rings. The number of nitrogens with zero attached hydrogens (tertiary/aromatic N) is 2. The Labute approximate surface area is 166 Å². The van der Waals surface area contributed by atoms with Gasteiger partial charge in [-0.15, -0.1) is 0 Å². The van der Waals surface area contributed by atoms with Crippen LogP contribution in [-0.2, 0) is 10.0 Å². The number of halogens is 1. The lowest BCUT2D eigenvalue weighted by Crippen LogP contribution is -2.27. The largest absolute Gasteiger partial charge is 0.323 e. The van der Waals surface area contributed by atoms with E-state index in [1.54, 1.807) is 0 Å². The molecule has 0 spiro atoms. The van der Waals surface area contributed by atoms with E-state index in [0.29, 0.717) is 18.8 Å². The van der Waals surface area contributed by atoms with Gasteiger partial charge in [0.15, 0.2) is 0 Å². The highest BCUT2D eigenvalue weighted by Crippen LogP contribution is 2.27. The first-order valence-corrected chi connectivity index (χ1v) is 10.2. The van der Waals surface area contributed by atoms with Crippen molar-refractivity contribution in [3.63, 3.8) is 0 Å². The fourth-order valence-electron chi connectivity index (χ4n) is 2.79. The van der Waals surface area contributed by atoms with Gasteiger partial charge in [0, 0.05) is 30.9 Å². The number of amides is 2. The number of nitro benzene ring substituents is 1. The third-order valence-corrected chi connectivity index (χ3v) is 6.45. The lowest BCUT2D eigenvalue weighted by atomic mass is 10.3. The van der Waals surface area contributed by atoms with Gasteiger partial charge in [-0.1, -0.05) is 11.6 Å². The normalized spacial score (nSPS) is 14.6. The van der Waals surface area contributed by atoms with Crippen molar-refractivity contribution in [3.05, 3.63) is 57.6 Å². The molecular weight excluding hydrogens is 408 g/mol. The first kappa shape index (κ1) is 20.1. The summed E-state index contributed by atoms with van der Waals surface area (Å²) in [7, 11) is -3.52. The maximum absolute atomic E-state index is 12.5. The molecule has 1 saturated heterocycles. The van der Waals surface area contributed by atoms with Gasteiger partial charge in [-0.25, -0.2) is 13.2 Å². The predicted octanol–water partition coefficient (Wildman–Crippen LogP) is 3.68. The third kappa shape index (κ3) is 4.41. The zero-order chi connectivity index (χ0) is 20.3. The predicted molar refractivity (Wildman–Crippen MR) is 105 cm³/mol. The topological polar surface area (TPSA) is 122 Å². The molecule has 28 heavy (non-hydrogen) atoms. The Hall–Kier alpha value is -2.69. The minimum atomic E-state index is -3.52. The molecule has 1 aliphatic heterocycles. The summed E-state index contributed by atoms with van der Waals surface area (Å²) in [5, 5.41) is 15.8. The molecular formula is C17H17ClN4O5S. The molecule has 0 atom stereocenters. The monoisotopic (exact) mass is 424 g/mol. The maximum Gasteiger partial charge on any atom is 0.323 e. The van der Waals surface area contributed by atoms with Gasteiger partial charge in [-0.05, 0) is 43.2 Å². The van der Waals surface area contributed by atoms with Gasteiger partial charge < -0.3 is 10.6 Å². The lowest BCUT2D eigenvalue weighted by molar-refractivity contribution is -0.384. The van der Waals surface area contributed by atoms with E-state index in [1.807, 2.05) is 0 Å². The van der Waals surface area contributed by atoms with Crippen molar-refractivity contribution >= 4 is 44.7 Å². The molecule has 3 rings (SSSR count). The minimum absolute atomic E-state index is 0.0244. The van der Waals surface area contributed by atoms with E-state index in [2.05, 4.69) is 10.6 Å². The van der Waals surface area contributed by atoms with E-state index < -0.39 is 21.0 Å². The highest BCUT2D eigenvalue weighted by atomic mass is 35.5. The van der Waals surface area contributed by atoms with Crippen molar-refractivity contribution in [1.82, 2.24) is 4.31 Å². The molecule has 2 N–H and O–H groups in total. The molecule has 2 aromatic rings. The number of carbonyl (C=O) groups is 1. The molecule has 9 nitrogen and oxygen atoms in total. The number of carbonyl (C=O) groups excluding carboxylic acids is 1. The Kier molecular flexibility index (Phi) is 5.82. The van der Waals surface area contributed by atoms with Crippen LogP contribution in [0.15, 0.2) is 47.4 Å². The van der Waals surface area contributed by atoms with E-state index in [9.17, 15) is 23.3 Å². The van der Waals surface area contributed by atoms with Crippen LogP contribution in [0.2, 0.25) is 5.02 Å². The highest BCUT2D eigenvalue weighted by molar-refractivity contribution is 7.89. The molecule has 0 aliphatic carbocycles. The fraction of sp³-hybridized carbons (Fsp3) is 0.235. The summed E-state index contributed by atoms with van der Waals surface area (Å²) in [6, 6.07) is 8.90. The molecule has 1 heterocycles. The van der Waals surface area contributed by atoms with Crippen LogP contribution in [0.1, 0.15) is 12.8 Å². The van der Waals surface area contributed by atoms with Gasteiger partial charge in [0.1, 0.15) is 0 Å². The molecule has 2 aromatic carbocycles. The number of rotatable bonds is 5. The molecule has 2 amide bonds. The van der Waals surface area contributed by atoms with Gasteiger partial charge in [-0.2, -0.15) is 4.31 Å². The summed E-state index contributed by atoms with van der Waals surface area (Å²) in [5.74, 6) is 0. The van der Waals surface area contributed by atoms with E-state index >= 15 is 0 Å². The van der Waals surface area contributed by atoms with E-state index in [1.165, 1.54) is 40.7 Å². The van der Waals surface area contributed by atoms with Crippen LogP contribution >= 0.6 is 11.6 Å². The minimum Gasteiger partial charge on any atom is -0.308 e. The molecule has 0 radical (unpaired) electrons. The van der Waals surface area contributed by atoms with E-state index in [0.717, 1.165) is 18.9 Å². The van der Waals surface area contributed by atoms with Crippen molar-refractivity contribution in [3.8, 4) is 0 Å². The van der Waals surface area contributed by atoms with Gasteiger partial charge in [0.25, 0.3) is 5.69 Å². The summed E-state index contributed by atoms with van der Waals surface area (Å²) >= 11 is 5.94. The lowest BCUT2D eigenvalue weighted by Gasteiger charge is -2.15. The summed E-state index contributed by atoms with van der Waals surface area (Å²) in [4.78, 5) is 22.4. The summed E-state index contributed by atoms with van der Waals surface area (Å²) in [5.41, 5.74) is 0.402. The highest BCUT2D eigenvalue weighted by Gasteiger charge is 2.26. The van der Waals surface area contributed by atoms with Crippen molar-refractivity contribution in [2.45, 2.75) is 17.7 Å². The molecule has 148 valence electrons. The molecule has 0 unspecified atom stereocenters. The Bertz CT molecular complexity index is 1000.